The van der Waals surface area contributed by atoms with Gasteiger partial charge >= 0.3 is 0 Å². The smallest absolute Gasteiger partial charge is 0.0242 e. The number of rotatable bonds is 4. The highest BCUT2D eigenvalue weighted by atomic mass is 15.2. The summed E-state index contributed by atoms with van der Waals surface area (Å²) in [6, 6.07) is 10.2. The molecule has 18 heavy (non-hydrogen) atoms. The van der Waals surface area contributed by atoms with E-state index < -0.39 is 0 Å². The molecule has 1 heterocycles. The lowest BCUT2D eigenvalue weighted by Crippen LogP contribution is -2.43. The zero-order valence-electron chi connectivity index (χ0n) is 11.7. The van der Waals surface area contributed by atoms with E-state index in [0.717, 1.165) is 19.5 Å². The first-order chi connectivity index (χ1) is 8.72. The molecule has 0 aromatic heterocycles. The molecule has 0 radical (unpaired) electrons. The van der Waals surface area contributed by atoms with Crippen molar-refractivity contribution in [1.29, 1.82) is 0 Å². The first-order valence-electron chi connectivity index (χ1n) is 7.25. The normalized spacial score (nSPS) is 25.3. The maximum atomic E-state index is 5.70. The summed E-state index contributed by atoms with van der Waals surface area (Å²) in [5.41, 5.74) is 8.59. The quantitative estimate of drug-likeness (QED) is 0.885. The van der Waals surface area contributed by atoms with Gasteiger partial charge in [-0.15, -0.1) is 0 Å². The highest BCUT2D eigenvalue weighted by molar-refractivity contribution is 5.27. The molecule has 0 spiro atoms. The van der Waals surface area contributed by atoms with Crippen LogP contribution in [0.2, 0.25) is 0 Å². The van der Waals surface area contributed by atoms with E-state index in [2.05, 4.69) is 43.0 Å². The van der Waals surface area contributed by atoms with Crippen LogP contribution < -0.4 is 5.73 Å². The molecule has 1 aromatic carbocycles. The third kappa shape index (κ3) is 3.12. The van der Waals surface area contributed by atoms with Crippen LogP contribution in [0, 0.1) is 0 Å². The number of hydrogen-bond acceptors (Lipinski definition) is 2. The summed E-state index contributed by atoms with van der Waals surface area (Å²) < 4.78 is 0. The molecule has 0 aliphatic carbocycles. The minimum Gasteiger partial charge on any atom is -0.330 e. The van der Waals surface area contributed by atoms with Gasteiger partial charge in [-0.05, 0) is 50.8 Å². The predicted molar refractivity (Wildman–Crippen MR) is 77.5 cm³/mol. The fraction of sp³-hybridized carbons (Fsp3) is 0.625. The molecule has 2 rings (SSSR count). The molecule has 0 saturated carbocycles. The van der Waals surface area contributed by atoms with Crippen LogP contribution in [-0.4, -0.2) is 23.5 Å². The molecule has 1 saturated heterocycles. The van der Waals surface area contributed by atoms with Crippen LogP contribution in [0.25, 0.3) is 0 Å². The van der Waals surface area contributed by atoms with Crippen molar-refractivity contribution in [2.24, 2.45) is 5.73 Å². The lowest BCUT2D eigenvalue weighted by molar-refractivity contribution is 0.0950. The monoisotopic (exact) mass is 246 g/mol. The van der Waals surface area contributed by atoms with Gasteiger partial charge in [0.25, 0.3) is 0 Å². The van der Waals surface area contributed by atoms with Crippen LogP contribution in [0.15, 0.2) is 24.3 Å². The van der Waals surface area contributed by atoms with Gasteiger partial charge in [0.05, 0.1) is 0 Å². The zero-order chi connectivity index (χ0) is 13.0. The van der Waals surface area contributed by atoms with Crippen molar-refractivity contribution in [3.8, 4) is 0 Å². The second-order valence-corrected chi connectivity index (χ2v) is 5.61. The average Bonchev–Trinajstić information content (AvgIpc) is 2.36. The van der Waals surface area contributed by atoms with Gasteiger partial charge in [0.2, 0.25) is 0 Å². The Labute approximate surface area is 111 Å². The van der Waals surface area contributed by atoms with Gasteiger partial charge in [-0.25, -0.2) is 0 Å². The molecule has 2 N–H and O–H groups in total. The molecule has 2 nitrogen and oxygen atoms in total. The molecule has 1 aliphatic rings. The van der Waals surface area contributed by atoms with E-state index in [9.17, 15) is 0 Å². The molecule has 100 valence electrons. The van der Waals surface area contributed by atoms with Gasteiger partial charge in [0.15, 0.2) is 0 Å². The van der Waals surface area contributed by atoms with Gasteiger partial charge in [-0.3, -0.25) is 4.90 Å². The van der Waals surface area contributed by atoms with Crippen LogP contribution in [0.3, 0.4) is 0 Å². The molecule has 0 bridgehead atoms. The molecule has 2 heteroatoms. The topological polar surface area (TPSA) is 29.3 Å². The van der Waals surface area contributed by atoms with Gasteiger partial charge in [0, 0.05) is 18.6 Å². The van der Waals surface area contributed by atoms with Gasteiger partial charge in [-0.1, -0.05) is 30.7 Å². The number of hydrogen-bond donors (Lipinski definition) is 1. The average molecular weight is 246 g/mol. The lowest BCUT2D eigenvalue weighted by Gasteiger charge is -2.39. The van der Waals surface area contributed by atoms with Crippen molar-refractivity contribution < 1.29 is 0 Å². The maximum Gasteiger partial charge on any atom is 0.0242 e. The fourth-order valence-corrected chi connectivity index (χ4v) is 3.09. The summed E-state index contributed by atoms with van der Waals surface area (Å²) in [5.74, 6) is 0. The van der Waals surface area contributed by atoms with E-state index >= 15 is 0 Å². The third-order valence-electron chi connectivity index (χ3n) is 4.26. The summed E-state index contributed by atoms with van der Waals surface area (Å²) in [7, 11) is 0. The van der Waals surface area contributed by atoms with Crippen LogP contribution in [0.5, 0.6) is 0 Å². The summed E-state index contributed by atoms with van der Waals surface area (Å²) in [5, 5.41) is 0. The second-order valence-electron chi connectivity index (χ2n) is 5.61. The molecular weight excluding hydrogens is 220 g/mol. The maximum absolute atomic E-state index is 5.70. The van der Waals surface area contributed by atoms with Crippen molar-refractivity contribution >= 4 is 0 Å². The van der Waals surface area contributed by atoms with E-state index in [1.807, 2.05) is 0 Å². The molecular formula is C16H26N2. The van der Waals surface area contributed by atoms with Gasteiger partial charge in [-0.2, -0.15) is 0 Å². The van der Waals surface area contributed by atoms with Crippen LogP contribution in [0.4, 0.5) is 0 Å². The van der Waals surface area contributed by atoms with Crippen LogP contribution >= 0.6 is 0 Å². The Morgan fingerprint density at radius 1 is 1.11 bits per heavy atom. The highest BCUT2D eigenvalue weighted by Gasteiger charge is 2.24. The third-order valence-corrected chi connectivity index (χ3v) is 4.26. The SMILES string of the molecule is CC1CCCC(C)N1Cc1ccccc1CCN. The number of likely N-dealkylation sites (tertiary alicyclic amines) is 1. The minimum absolute atomic E-state index is 0.708. The minimum atomic E-state index is 0.708. The summed E-state index contributed by atoms with van der Waals surface area (Å²) in [6.45, 7) is 6.54. The van der Waals surface area contributed by atoms with Crippen molar-refractivity contribution in [3.63, 3.8) is 0 Å². The first-order valence-corrected chi connectivity index (χ1v) is 7.25. The first kappa shape index (κ1) is 13.6. The molecule has 1 aromatic rings. The van der Waals surface area contributed by atoms with E-state index in [4.69, 9.17) is 5.73 Å². The molecule has 2 atom stereocenters. The molecule has 0 amide bonds. The highest BCUT2D eigenvalue weighted by Crippen LogP contribution is 2.25. The largest absolute Gasteiger partial charge is 0.330 e. The predicted octanol–water partition coefficient (Wildman–Crippen LogP) is 2.95. The number of piperidine rings is 1. The van der Waals surface area contributed by atoms with Crippen molar-refractivity contribution in [1.82, 2.24) is 4.90 Å². The molecule has 2 unspecified atom stereocenters. The van der Waals surface area contributed by atoms with Gasteiger partial charge < -0.3 is 5.73 Å². The summed E-state index contributed by atoms with van der Waals surface area (Å²) in [6.07, 6.45) is 5.04. The van der Waals surface area contributed by atoms with E-state index in [1.54, 1.807) is 0 Å². The zero-order valence-corrected chi connectivity index (χ0v) is 11.7. The van der Waals surface area contributed by atoms with Gasteiger partial charge in [0.1, 0.15) is 0 Å². The Morgan fingerprint density at radius 3 is 2.33 bits per heavy atom. The van der Waals surface area contributed by atoms with E-state index in [0.29, 0.717) is 12.1 Å². The van der Waals surface area contributed by atoms with E-state index in [-0.39, 0.29) is 0 Å². The summed E-state index contributed by atoms with van der Waals surface area (Å²) >= 11 is 0. The number of nitrogens with zero attached hydrogens (tertiary/aromatic N) is 1. The second kappa shape index (κ2) is 6.35. The Balaban J connectivity index is 2.12. The molecule has 1 aliphatic heterocycles. The standard InChI is InChI=1S/C16H26N2/c1-13-6-5-7-14(2)18(13)12-16-9-4-3-8-15(16)10-11-17/h3-4,8-9,13-14H,5-7,10-12,17H2,1-2H3. The Kier molecular flexibility index (Phi) is 4.79. The van der Waals surface area contributed by atoms with Crippen molar-refractivity contribution in [2.75, 3.05) is 6.54 Å². The molecule has 1 fully saturated rings. The van der Waals surface area contributed by atoms with Crippen molar-refractivity contribution in [2.45, 2.75) is 58.2 Å². The Morgan fingerprint density at radius 2 is 1.72 bits per heavy atom. The lowest BCUT2D eigenvalue weighted by atomic mass is 9.95. The number of nitrogens with two attached hydrogens (primary N) is 1. The van der Waals surface area contributed by atoms with E-state index in [1.165, 1.54) is 30.4 Å². The number of benzene rings is 1. The van der Waals surface area contributed by atoms with Crippen LogP contribution in [-0.2, 0) is 13.0 Å². The fourth-order valence-electron chi connectivity index (χ4n) is 3.09. The Bertz CT molecular complexity index is 365. The van der Waals surface area contributed by atoms with Crippen molar-refractivity contribution in [3.05, 3.63) is 35.4 Å². The van der Waals surface area contributed by atoms with Crippen LogP contribution in [0.1, 0.15) is 44.2 Å². The Hall–Kier alpha value is -0.860. The summed E-state index contributed by atoms with van der Waals surface area (Å²) in [4.78, 5) is 2.65.